The van der Waals surface area contributed by atoms with E-state index in [1.54, 1.807) is 6.26 Å². The highest BCUT2D eigenvalue weighted by molar-refractivity contribution is 7.99. The molecule has 7 heteroatoms. The zero-order valence-corrected chi connectivity index (χ0v) is 15.7. The lowest BCUT2D eigenvalue weighted by molar-refractivity contribution is 0.463. The minimum Gasteiger partial charge on any atom is -0.469 e. The molecular formula is C21H14N4O2S. The summed E-state index contributed by atoms with van der Waals surface area (Å²) in [4.78, 5) is 9.46. The van der Waals surface area contributed by atoms with Gasteiger partial charge in [0.15, 0.2) is 5.82 Å². The highest BCUT2D eigenvalue weighted by Crippen LogP contribution is 2.34. The Labute approximate surface area is 164 Å². The number of benzene rings is 2. The van der Waals surface area contributed by atoms with Crippen LogP contribution in [0.5, 0.6) is 0 Å². The zero-order chi connectivity index (χ0) is 18.9. The van der Waals surface area contributed by atoms with Crippen molar-refractivity contribution in [1.82, 2.24) is 20.2 Å². The molecule has 28 heavy (non-hydrogen) atoms. The van der Waals surface area contributed by atoms with Crippen LogP contribution < -0.4 is 0 Å². The summed E-state index contributed by atoms with van der Waals surface area (Å²) in [6, 6.07) is 19.6. The summed E-state index contributed by atoms with van der Waals surface area (Å²) < 4.78 is 11.1. The quantitative estimate of drug-likeness (QED) is 0.383. The van der Waals surface area contributed by atoms with Crippen LogP contribution >= 0.6 is 11.8 Å². The van der Waals surface area contributed by atoms with E-state index in [0.717, 1.165) is 32.8 Å². The number of hydrogen-bond donors (Lipinski definition) is 0. The average molecular weight is 386 g/mol. The van der Waals surface area contributed by atoms with Gasteiger partial charge in [0.1, 0.15) is 10.8 Å². The molecule has 0 spiro atoms. The van der Waals surface area contributed by atoms with Gasteiger partial charge < -0.3 is 8.83 Å². The summed E-state index contributed by atoms with van der Waals surface area (Å²) >= 11 is 1.33. The monoisotopic (exact) mass is 386 g/mol. The summed E-state index contributed by atoms with van der Waals surface area (Å²) in [5, 5.41) is 10.4. The Morgan fingerprint density at radius 3 is 2.50 bits per heavy atom. The van der Waals surface area contributed by atoms with E-state index in [-0.39, 0.29) is 0 Å². The van der Waals surface area contributed by atoms with Crippen LogP contribution in [-0.2, 0) is 0 Å². The molecule has 0 aliphatic rings. The Bertz CT molecular complexity index is 1260. The van der Waals surface area contributed by atoms with Gasteiger partial charge in [-0.1, -0.05) is 48.5 Å². The number of furan rings is 1. The fourth-order valence-corrected chi connectivity index (χ4v) is 3.67. The van der Waals surface area contributed by atoms with E-state index in [4.69, 9.17) is 18.8 Å². The van der Waals surface area contributed by atoms with E-state index < -0.39 is 0 Å². The van der Waals surface area contributed by atoms with Gasteiger partial charge in [-0.15, -0.1) is 10.2 Å². The molecule has 6 nitrogen and oxygen atoms in total. The zero-order valence-electron chi connectivity index (χ0n) is 14.9. The number of rotatable bonds is 4. The van der Waals surface area contributed by atoms with Crippen molar-refractivity contribution in [3.63, 3.8) is 0 Å². The van der Waals surface area contributed by atoms with E-state index in [9.17, 15) is 0 Å². The first-order valence-corrected chi connectivity index (χ1v) is 9.47. The largest absolute Gasteiger partial charge is 0.469 e. The maximum absolute atomic E-state index is 5.83. The molecule has 136 valence electrons. The first-order valence-electron chi connectivity index (χ1n) is 8.66. The topological polar surface area (TPSA) is 77.8 Å². The second kappa shape index (κ2) is 6.94. The van der Waals surface area contributed by atoms with Crippen molar-refractivity contribution in [3.8, 4) is 22.8 Å². The van der Waals surface area contributed by atoms with Crippen LogP contribution in [-0.4, -0.2) is 20.2 Å². The molecule has 3 aromatic heterocycles. The summed E-state index contributed by atoms with van der Waals surface area (Å²) in [6.07, 6.45) is 1.60. The number of aryl methyl sites for hydroxylation is 1. The van der Waals surface area contributed by atoms with Crippen LogP contribution in [0.4, 0.5) is 0 Å². The third-order valence-corrected chi connectivity index (χ3v) is 5.12. The second-order valence-corrected chi connectivity index (χ2v) is 7.04. The number of aromatic nitrogens is 4. The van der Waals surface area contributed by atoms with Crippen molar-refractivity contribution in [2.75, 3.05) is 0 Å². The molecule has 0 saturated heterocycles. The van der Waals surface area contributed by atoms with E-state index in [0.29, 0.717) is 16.9 Å². The predicted molar refractivity (Wildman–Crippen MR) is 106 cm³/mol. The molecule has 3 heterocycles. The maximum atomic E-state index is 5.83. The van der Waals surface area contributed by atoms with Gasteiger partial charge in [-0.2, -0.15) is 0 Å². The molecule has 0 amide bonds. The molecule has 0 aliphatic heterocycles. The van der Waals surface area contributed by atoms with E-state index in [2.05, 4.69) is 10.2 Å². The fourth-order valence-electron chi connectivity index (χ4n) is 2.89. The van der Waals surface area contributed by atoms with Crippen molar-refractivity contribution >= 4 is 22.7 Å². The number of para-hydroxylation sites is 1. The van der Waals surface area contributed by atoms with E-state index in [1.807, 2.05) is 67.6 Å². The van der Waals surface area contributed by atoms with Crippen molar-refractivity contribution in [2.24, 2.45) is 0 Å². The Morgan fingerprint density at radius 2 is 1.68 bits per heavy atom. The predicted octanol–water partition coefficient (Wildman–Crippen LogP) is 5.40. The summed E-state index contributed by atoms with van der Waals surface area (Å²) in [7, 11) is 0. The molecule has 0 N–H and O–H groups in total. The van der Waals surface area contributed by atoms with Crippen LogP contribution in [0.25, 0.3) is 33.7 Å². The molecule has 2 aromatic carbocycles. The highest BCUT2D eigenvalue weighted by atomic mass is 32.2. The van der Waals surface area contributed by atoms with Crippen molar-refractivity contribution < 1.29 is 8.83 Å². The van der Waals surface area contributed by atoms with E-state index >= 15 is 0 Å². The minimum atomic E-state index is 0.415. The smallest absolute Gasteiger partial charge is 0.283 e. The van der Waals surface area contributed by atoms with Crippen LogP contribution in [0.3, 0.4) is 0 Å². The van der Waals surface area contributed by atoms with Crippen LogP contribution in [0.2, 0.25) is 0 Å². The molecule has 0 bridgehead atoms. The summed E-state index contributed by atoms with van der Waals surface area (Å²) in [5.74, 6) is 1.82. The fraction of sp³-hybridized carbons (Fsp3) is 0.0476. The Hall–Kier alpha value is -3.45. The lowest BCUT2D eigenvalue weighted by atomic mass is 10.2. The normalized spacial score (nSPS) is 11.2. The van der Waals surface area contributed by atoms with Crippen LogP contribution in [0.1, 0.15) is 5.76 Å². The number of hydrogen-bond acceptors (Lipinski definition) is 7. The molecule has 0 saturated carbocycles. The first-order chi connectivity index (χ1) is 13.8. The van der Waals surface area contributed by atoms with Crippen molar-refractivity contribution in [2.45, 2.75) is 17.2 Å². The van der Waals surface area contributed by atoms with E-state index in [1.165, 1.54) is 11.8 Å². The van der Waals surface area contributed by atoms with Gasteiger partial charge in [-0.05, 0) is 30.8 Å². The molecule has 5 aromatic rings. The van der Waals surface area contributed by atoms with Crippen LogP contribution in [0, 0.1) is 6.92 Å². The van der Waals surface area contributed by atoms with Gasteiger partial charge in [-0.3, -0.25) is 0 Å². The van der Waals surface area contributed by atoms with Gasteiger partial charge in [0.25, 0.3) is 11.1 Å². The standard InChI is InChI=1S/C21H14N4O2S/c1-13-15(11-12-26-13)19-24-25-21(27-19)28-20-16-9-5-6-10-17(16)22-18(23-20)14-7-3-2-4-8-14/h2-12H,1H3. The lowest BCUT2D eigenvalue weighted by Gasteiger charge is -2.07. The van der Waals surface area contributed by atoms with Gasteiger partial charge in [-0.25, -0.2) is 9.97 Å². The molecule has 0 unspecified atom stereocenters. The highest BCUT2D eigenvalue weighted by Gasteiger charge is 2.17. The average Bonchev–Trinajstić information content (AvgIpc) is 3.37. The summed E-state index contributed by atoms with van der Waals surface area (Å²) in [5.41, 5.74) is 2.61. The molecule has 0 radical (unpaired) electrons. The number of nitrogens with zero attached hydrogens (tertiary/aromatic N) is 4. The Kier molecular flexibility index (Phi) is 4.14. The Morgan fingerprint density at radius 1 is 0.857 bits per heavy atom. The minimum absolute atomic E-state index is 0.415. The SMILES string of the molecule is Cc1occc1-c1nnc(Sc2nc(-c3ccccc3)nc3ccccc23)o1. The summed E-state index contributed by atoms with van der Waals surface area (Å²) in [6.45, 7) is 1.86. The van der Waals surface area contributed by atoms with Gasteiger partial charge in [0.2, 0.25) is 0 Å². The maximum Gasteiger partial charge on any atom is 0.283 e. The molecule has 0 fully saturated rings. The third-order valence-electron chi connectivity index (χ3n) is 4.28. The van der Waals surface area contributed by atoms with Gasteiger partial charge >= 0.3 is 0 Å². The molecule has 0 atom stereocenters. The van der Waals surface area contributed by atoms with Crippen molar-refractivity contribution in [1.29, 1.82) is 0 Å². The van der Waals surface area contributed by atoms with Crippen molar-refractivity contribution in [3.05, 3.63) is 72.7 Å². The Balaban J connectivity index is 1.57. The first kappa shape index (κ1) is 16.7. The third kappa shape index (κ3) is 3.05. The second-order valence-electron chi connectivity index (χ2n) is 6.10. The number of fused-ring (bicyclic) bond motifs is 1. The van der Waals surface area contributed by atoms with Crippen LogP contribution in [0.15, 0.2) is 86.0 Å². The van der Waals surface area contributed by atoms with Gasteiger partial charge in [0, 0.05) is 10.9 Å². The molecule has 5 rings (SSSR count). The lowest BCUT2D eigenvalue weighted by Crippen LogP contribution is -1.93. The molecule has 0 aliphatic carbocycles. The van der Waals surface area contributed by atoms with Gasteiger partial charge in [0.05, 0.1) is 17.3 Å². The molecular weight excluding hydrogens is 372 g/mol.